The highest BCUT2D eigenvalue weighted by atomic mass is 16.1. The molecule has 94 valence electrons. The molecule has 4 nitrogen and oxygen atoms in total. The highest BCUT2D eigenvalue weighted by Gasteiger charge is 2.17. The Bertz CT molecular complexity index is 210. The molecule has 4 heteroatoms. The van der Waals surface area contributed by atoms with Crippen molar-refractivity contribution in [1.82, 2.24) is 10.6 Å². The molecule has 1 rings (SSSR count). The molecule has 16 heavy (non-hydrogen) atoms. The largest absolute Gasteiger partial charge is 0.355 e. The van der Waals surface area contributed by atoms with Crippen molar-refractivity contribution in [3.05, 3.63) is 0 Å². The molecule has 0 heterocycles. The van der Waals surface area contributed by atoms with E-state index in [-0.39, 0.29) is 11.8 Å². The molecule has 1 aliphatic rings. The lowest BCUT2D eigenvalue weighted by molar-refractivity contribution is -0.123. The lowest BCUT2D eigenvalue weighted by atomic mass is 9.92. The van der Waals surface area contributed by atoms with Gasteiger partial charge >= 0.3 is 0 Å². The molecular formula is C12H25N3O. The summed E-state index contributed by atoms with van der Waals surface area (Å²) in [5.41, 5.74) is 5.84. The van der Waals surface area contributed by atoms with Crippen LogP contribution in [0.5, 0.6) is 0 Å². The molecule has 0 radical (unpaired) electrons. The van der Waals surface area contributed by atoms with Crippen LogP contribution in [0.2, 0.25) is 0 Å². The Hall–Kier alpha value is -0.610. The number of hydrogen-bond donors (Lipinski definition) is 3. The van der Waals surface area contributed by atoms with Gasteiger partial charge in [0.25, 0.3) is 0 Å². The van der Waals surface area contributed by atoms with Gasteiger partial charge in [-0.1, -0.05) is 13.8 Å². The first-order chi connectivity index (χ1) is 7.59. The maximum atomic E-state index is 11.3. The summed E-state index contributed by atoms with van der Waals surface area (Å²) in [6, 6.07) is 0.995. The van der Waals surface area contributed by atoms with Crippen molar-refractivity contribution in [3.8, 4) is 0 Å². The molecule has 0 saturated heterocycles. The molecule has 0 bridgehead atoms. The molecule has 0 aromatic carbocycles. The Labute approximate surface area is 98.3 Å². The maximum absolute atomic E-state index is 11.3. The molecule has 0 aliphatic heterocycles. The maximum Gasteiger partial charge on any atom is 0.222 e. The van der Waals surface area contributed by atoms with Crippen LogP contribution < -0.4 is 16.4 Å². The standard InChI is InChI=1S/C12H25N3O/c1-9(2)12(16)15-8-7-14-11-5-3-10(13)4-6-11/h9-11,14H,3-8,13H2,1-2H3,(H,15,16). The van der Waals surface area contributed by atoms with Gasteiger partial charge in [-0.3, -0.25) is 4.79 Å². The van der Waals surface area contributed by atoms with Crippen molar-refractivity contribution in [1.29, 1.82) is 0 Å². The number of amides is 1. The number of hydrogen-bond acceptors (Lipinski definition) is 3. The summed E-state index contributed by atoms with van der Waals surface area (Å²) in [7, 11) is 0. The van der Waals surface area contributed by atoms with Gasteiger partial charge in [0.2, 0.25) is 5.91 Å². The van der Waals surface area contributed by atoms with E-state index in [4.69, 9.17) is 5.73 Å². The van der Waals surface area contributed by atoms with Crippen LogP contribution in [0.3, 0.4) is 0 Å². The van der Waals surface area contributed by atoms with E-state index >= 15 is 0 Å². The van der Waals surface area contributed by atoms with E-state index in [0.717, 1.165) is 25.9 Å². The van der Waals surface area contributed by atoms with E-state index in [9.17, 15) is 4.79 Å². The number of nitrogens with one attached hydrogen (secondary N) is 2. The quantitative estimate of drug-likeness (QED) is 0.603. The fraction of sp³-hybridized carbons (Fsp3) is 0.917. The number of rotatable bonds is 5. The summed E-state index contributed by atoms with van der Waals surface area (Å²) in [5.74, 6) is 0.208. The van der Waals surface area contributed by atoms with E-state index in [1.165, 1.54) is 12.8 Å². The summed E-state index contributed by atoms with van der Waals surface area (Å²) in [6.45, 7) is 5.40. The van der Waals surface area contributed by atoms with Crippen molar-refractivity contribution < 1.29 is 4.79 Å². The zero-order valence-corrected chi connectivity index (χ0v) is 10.5. The predicted molar refractivity (Wildman–Crippen MR) is 66.1 cm³/mol. The second-order valence-corrected chi connectivity index (χ2v) is 5.01. The third kappa shape index (κ3) is 4.94. The van der Waals surface area contributed by atoms with Crippen molar-refractivity contribution in [3.63, 3.8) is 0 Å². The van der Waals surface area contributed by atoms with Crippen molar-refractivity contribution in [2.24, 2.45) is 11.7 Å². The zero-order valence-electron chi connectivity index (χ0n) is 10.5. The Kier molecular flexibility index (Phi) is 5.77. The van der Waals surface area contributed by atoms with Gasteiger partial charge in [0, 0.05) is 31.1 Å². The van der Waals surface area contributed by atoms with E-state index < -0.39 is 0 Å². The van der Waals surface area contributed by atoms with Gasteiger partial charge in [0.05, 0.1) is 0 Å². The Balaban J connectivity index is 2.01. The van der Waals surface area contributed by atoms with E-state index in [2.05, 4.69) is 10.6 Å². The normalized spacial score (nSPS) is 25.8. The van der Waals surface area contributed by atoms with Crippen LogP contribution in [0, 0.1) is 5.92 Å². The molecule has 0 aromatic heterocycles. The molecule has 1 amide bonds. The molecule has 1 fully saturated rings. The van der Waals surface area contributed by atoms with Gasteiger partial charge in [0.1, 0.15) is 0 Å². The minimum absolute atomic E-state index is 0.0766. The Morgan fingerprint density at radius 2 is 1.88 bits per heavy atom. The van der Waals surface area contributed by atoms with Gasteiger partial charge in [-0.25, -0.2) is 0 Å². The summed E-state index contributed by atoms with van der Waals surface area (Å²) in [6.07, 6.45) is 4.57. The van der Waals surface area contributed by atoms with Gasteiger partial charge in [-0.05, 0) is 25.7 Å². The van der Waals surface area contributed by atoms with Crippen LogP contribution in [0.4, 0.5) is 0 Å². The first kappa shape index (κ1) is 13.5. The Morgan fingerprint density at radius 1 is 1.25 bits per heavy atom. The van der Waals surface area contributed by atoms with Crippen LogP contribution in [0.25, 0.3) is 0 Å². The van der Waals surface area contributed by atoms with Gasteiger partial charge in [-0.2, -0.15) is 0 Å². The molecule has 0 atom stereocenters. The molecule has 0 spiro atoms. The first-order valence-electron chi connectivity index (χ1n) is 6.36. The van der Waals surface area contributed by atoms with Crippen LogP contribution >= 0.6 is 0 Å². The number of carbonyl (C=O) groups is 1. The van der Waals surface area contributed by atoms with Gasteiger partial charge < -0.3 is 16.4 Å². The van der Waals surface area contributed by atoms with Gasteiger partial charge in [0.15, 0.2) is 0 Å². The van der Waals surface area contributed by atoms with E-state index in [1.807, 2.05) is 13.8 Å². The van der Waals surface area contributed by atoms with E-state index in [1.54, 1.807) is 0 Å². The molecular weight excluding hydrogens is 202 g/mol. The van der Waals surface area contributed by atoms with Crippen molar-refractivity contribution in [2.45, 2.75) is 51.6 Å². The molecule has 4 N–H and O–H groups in total. The van der Waals surface area contributed by atoms with E-state index in [0.29, 0.717) is 12.1 Å². The average molecular weight is 227 g/mol. The van der Waals surface area contributed by atoms with Crippen LogP contribution in [0.15, 0.2) is 0 Å². The lowest BCUT2D eigenvalue weighted by Crippen LogP contribution is -2.41. The van der Waals surface area contributed by atoms with Crippen molar-refractivity contribution >= 4 is 5.91 Å². The molecule has 1 aliphatic carbocycles. The minimum atomic E-state index is 0.0766. The van der Waals surface area contributed by atoms with Crippen LogP contribution in [-0.2, 0) is 4.79 Å². The summed E-state index contributed by atoms with van der Waals surface area (Å²) in [5, 5.41) is 6.37. The topological polar surface area (TPSA) is 67.2 Å². The summed E-state index contributed by atoms with van der Waals surface area (Å²) in [4.78, 5) is 11.3. The SMILES string of the molecule is CC(C)C(=O)NCCNC1CCC(N)CC1. The summed E-state index contributed by atoms with van der Waals surface area (Å²) >= 11 is 0. The van der Waals surface area contributed by atoms with Gasteiger partial charge in [-0.15, -0.1) is 0 Å². The van der Waals surface area contributed by atoms with Crippen molar-refractivity contribution in [2.75, 3.05) is 13.1 Å². The number of nitrogens with two attached hydrogens (primary N) is 1. The third-order valence-corrected chi connectivity index (χ3v) is 3.15. The highest BCUT2D eigenvalue weighted by Crippen LogP contribution is 2.16. The second-order valence-electron chi connectivity index (χ2n) is 5.01. The second kappa shape index (κ2) is 6.86. The molecule has 0 aromatic rings. The predicted octanol–water partition coefficient (Wildman–Crippen LogP) is 0.618. The fourth-order valence-electron chi connectivity index (χ4n) is 1.99. The number of carbonyl (C=O) groups excluding carboxylic acids is 1. The third-order valence-electron chi connectivity index (χ3n) is 3.15. The average Bonchev–Trinajstić information content (AvgIpc) is 2.26. The highest BCUT2D eigenvalue weighted by molar-refractivity contribution is 5.77. The lowest BCUT2D eigenvalue weighted by Gasteiger charge is -2.27. The molecule has 0 unspecified atom stereocenters. The fourth-order valence-corrected chi connectivity index (χ4v) is 1.99. The zero-order chi connectivity index (χ0) is 12.0. The first-order valence-corrected chi connectivity index (χ1v) is 6.36. The minimum Gasteiger partial charge on any atom is -0.355 e. The molecule has 1 saturated carbocycles. The van der Waals surface area contributed by atoms with Crippen LogP contribution in [-0.4, -0.2) is 31.1 Å². The smallest absolute Gasteiger partial charge is 0.222 e. The van der Waals surface area contributed by atoms with Crippen LogP contribution in [0.1, 0.15) is 39.5 Å². The monoisotopic (exact) mass is 227 g/mol. The Morgan fingerprint density at radius 3 is 2.44 bits per heavy atom. The summed E-state index contributed by atoms with van der Waals surface area (Å²) < 4.78 is 0.